The van der Waals surface area contributed by atoms with Crippen LogP contribution < -0.4 is 10.7 Å². The molecule has 3 rings (SSSR count). The summed E-state index contributed by atoms with van der Waals surface area (Å²) in [5.74, 6) is 0. The van der Waals surface area contributed by atoms with Crippen LogP contribution in [0.2, 0.25) is 0 Å². The standard InChI is InChI=1S/C16H16N2O.H3NO2S/c1-10-5-4-6-12(11(10)2)14-9-18(3)16(19)15-13(14)7-8-17-15;1-4(2)3/h4-9,17H,1-3H3;4H,(H2,1,2,3). The van der Waals surface area contributed by atoms with Crippen molar-refractivity contribution >= 4 is 21.8 Å². The van der Waals surface area contributed by atoms with Crippen LogP contribution in [0.4, 0.5) is 0 Å². The van der Waals surface area contributed by atoms with Crippen molar-refractivity contribution in [2.24, 2.45) is 12.2 Å². The topological polar surface area (TPSA) is 97.9 Å². The van der Waals surface area contributed by atoms with Crippen LogP contribution in [0.15, 0.2) is 41.5 Å². The van der Waals surface area contributed by atoms with E-state index < -0.39 is 10.9 Å². The quantitative estimate of drug-likeness (QED) is 0.590. The minimum atomic E-state index is -2.62. The van der Waals surface area contributed by atoms with Gasteiger partial charge in [0.15, 0.2) is 10.9 Å². The van der Waals surface area contributed by atoms with Gasteiger partial charge in [0.2, 0.25) is 0 Å². The number of hydrogen-bond donors (Lipinski definition) is 3. The highest BCUT2D eigenvalue weighted by atomic mass is 32.2. The third-order valence-electron chi connectivity index (χ3n) is 3.79. The smallest absolute Gasteiger partial charge is 0.274 e. The summed E-state index contributed by atoms with van der Waals surface area (Å²) in [6.07, 6.45) is 3.74. The molecule has 2 aromatic heterocycles. The van der Waals surface area contributed by atoms with Gasteiger partial charge in [-0.25, -0.2) is 13.6 Å². The Bertz CT molecular complexity index is 976. The van der Waals surface area contributed by atoms with Gasteiger partial charge in [-0.1, -0.05) is 18.2 Å². The zero-order valence-corrected chi connectivity index (χ0v) is 14.1. The molecule has 3 aromatic rings. The Hall–Kier alpha value is -2.38. The van der Waals surface area contributed by atoms with Gasteiger partial charge < -0.3 is 9.55 Å². The molecule has 7 heteroatoms. The van der Waals surface area contributed by atoms with Crippen LogP contribution in [-0.4, -0.2) is 18.0 Å². The number of nitrogens with one attached hydrogen (secondary N) is 1. The van der Waals surface area contributed by atoms with Crippen LogP contribution in [0.5, 0.6) is 0 Å². The van der Waals surface area contributed by atoms with Gasteiger partial charge in [-0.05, 0) is 36.6 Å². The normalized spacial score (nSPS) is 10.7. The van der Waals surface area contributed by atoms with Crippen molar-refractivity contribution in [2.75, 3.05) is 0 Å². The fourth-order valence-corrected chi connectivity index (χ4v) is 2.53. The fraction of sp³-hybridized carbons (Fsp3) is 0.188. The average Bonchev–Trinajstić information content (AvgIpc) is 2.95. The van der Waals surface area contributed by atoms with Crippen molar-refractivity contribution in [3.63, 3.8) is 0 Å². The summed E-state index contributed by atoms with van der Waals surface area (Å²) in [5.41, 5.74) is 5.47. The highest BCUT2D eigenvalue weighted by molar-refractivity contribution is 7.69. The van der Waals surface area contributed by atoms with E-state index in [1.807, 2.05) is 18.5 Å². The Kier molecular flexibility index (Phi) is 5.02. The largest absolute Gasteiger partial charge is 0.357 e. The van der Waals surface area contributed by atoms with E-state index in [-0.39, 0.29) is 5.56 Å². The van der Waals surface area contributed by atoms with Gasteiger partial charge in [-0.3, -0.25) is 4.79 Å². The van der Waals surface area contributed by atoms with Gasteiger partial charge in [0.1, 0.15) is 5.52 Å². The summed E-state index contributed by atoms with van der Waals surface area (Å²) in [6.45, 7) is 4.23. The molecule has 0 aliphatic rings. The molecule has 0 atom stereocenters. The van der Waals surface area contributed by atoms with E-state index in [0.717, 1.165) is 10.9 Å². The fourth-order valence-electron chi connectivity index (χ4n) is 2.53. The zero-order chi connectivity index (χ0) is 17.1. The molecule has 0 amide bonds. The second-order valence-corrected chi connectivity index (χ2v) is 5.83. The van der Waals surface area contributed by atoms with E-state index in [4.69, 9.17) is 8.42 Å². The maximum absolute atomic E-state index is 12.1. The predicted molar refractivity (Wildman–Crippen MR) is 93.0 cm³/mol. The van der Waals surface area contributed by atoms with E-state index in [0.29, 0.717) is 5.52 Å². The lowest BCUT2D eigenvalue weighted by molar-refractivity contribution is 0.616. The Labute approximate surface area is 135 Å². The minimum Gasteiger partial charge on any atom is -0.357 e. The highest BCUT2D eigenvalue weighted by Gasteiger charge is 2.12. The number of rotatable bonds is 1. The van der Waals surface area contributed by atoms with Gasteiger partial charge in [0.05, 0.1) is 0 Å². The number of aromatic nitrogens is 2. The number of fused-ring (bicyclic) bond motifs is 1. The maximum atomic E-state index is 12.1. The Balaban J connectivity index is 0.000000433. The van der Waals surface area contributed by atoms with Crippen molar-refractivity contribution in [3.8, 4) is 11.1 Å². The number of nitrogens with zero attached hydrogens (tertiary/aromatic N) is 1. The second kappa shape index (κ2) is 6.80. The summed E-state index contributed by atoms with van der Waals surface area (Å²) in [4.78, 5) is 15.1. The van der Waals surface area contributed by atoms with Crippen LogP contribution in [-0.2, 0) is 17.9 Å². The SMILES string of the molecule is Cc1cccc(-c2cn(C)c(=O)c3[nH]ccc23)c1C.N[SH](=O)=O. The first-order valence-electron chi connectivity index (χ1n) is 6.95. The van der Waals surface area contributed by atoms with E-state index in [9.17, 15) is 4.79 Å². The predicted octanol–water partition coefficient (Wildman–Crippen LogP) is 1.62. The molecule has 0 bridgehead atoms. The molecule has 1 aromatic carbocycles. The molecule has 0 aliphatic carbocycles. The van der Waals surface area contributed by atoms with E-state index >= 15 is 0 Å². The zero-order valence-electron chi connectivity index (χ0n) is 13.2. The first-order chi connectivity index (χ1) is 10.8. The monoisotopic (exact) mass is 333 g/mol. The van der Waals surface area contributed by atoms with Gasteiger partial charge >= 0.3 is 0 Å². The number of hydrogen-bond acceptors (Lipinski definition) is 3. The Morgan fingerprint density at radius 3 is 2.43 bits per heavy atom. The van der Waals surface area contributed by atoms with Gasteiger partial charge in [0, 0.05) is 30.4 Å². The van der Waals surface area contributed by atoms with E-state index in [2.05, 4.69) is 42.2 Å². The average molecular weight is 333 g/mol. The van der Waals surface area contributed by atoms with Crippen LogP contribution in [0.25, 0.3) is 22.0 Å². The summed E-state index contributed by atoms with van der Waals surface area (Å²) >= 11 is 0. The summed E-state index contributed by atoms with van der Waals surface area (Å²) in [7, 11) is -0.831. The molecule has 0 saturated carbocycles. The molecule has 2 heterocycles. The first-order valence-corrected chi connectivity index (χ1v) is 8.20. The number of aromatic amines is 1. The van der Waals surface area contributed by atoms with Gasteiger partial charge in [-0.2, -0.15) is 0 Å². The first kappa shape index (κ1) is 17.0. The molecule has 0 aliphatic heterocycles. The Morgan fingerprint density at radius 1 is 1.13 bits per heavy atom. The molecule has 0 unspecified atom stereocenters. The second-order valence-electron chi connectivity index (χ2n) is 5.26. The van der Waals surface area contributed by atoms with Crippen LogP contribution in [0.3, 0.4) is 0 Å². The molecule has 0 saturated heterocycles. The van der Waals surface area contributed by atoms with Crippen molar-refractivity contribution < 1.29 is 8.42 Å². The molecule has 0 radical (unpaired) electrons. The van der Waals surface area contributed by atoms with Gasteiger partial charge in [0.25, 0.3) is 5.56 Å². The third-order valence-corrected chi connectivity index (χ3v) is 3.79. The number of aryl methyl sites for hydroxylation is 2. The van der Waals surface area contributed by atoms with Gasteiger partial charge in [-0.15, -0.1) is 0 Å². The number of benzene rings is 1. The maximum Gasteiger partial charge on any atom is 0.274 e. The molecular formula is C16H19N3O3S. The van der Waals surface area contributed by atoms with Crippen molar-refractivity contribution in [2.45, 2.75) is 13.8 Å². The van der Waals surface area contributed by atoms with Crippen LogP contribution in [0.1, 0.15) is 11.1 Å². The lowest BCUT2D eigenvalue weighted by atomic mass is 9.96. The van der Waals surface area contributed by atoms with Crippen molar-refractivity contribution in [1.82, 2.24) is 9.55 Å². The molecule has 6 nitrogen and oxygen atoms in total. The summed E-state index contributed by atoms with van der Waals surface area (Å²) in [5, 5.41) is 5.05. The Morgan fingerprint density at radius 2 is 1.78 bits per heavy atom. The molecule has 122 valence electrons. The molecule has 23 heavy (non-hydrogen) atoms. The number of nitrogens with two attached hydrogens (primary N) is 1. The molecule has 3 N–H and O–H groups in total. The van der Waals surface area contributed by atoms with E-state index in [1.54, 1.807) is 11.6 Å². The molecular weight excluding hydrogens is 314 g/mol. The third kappa shape index (κ3) is 3.52. The summed E-state index contributed by atoms with van der Waals surface area (Å²) in [6, 6.07) is 8.23. The van der Waals surface area contributed by atoms with Crippen molar-refractivity contribution in [3.05, 3.63) is 58.1 Å². The van der Waals surface area contributed by atoms with Crippen molar-refractivity contribution in [1.29, 1.82) is 0 Å². The number of H-pyrrole nitrogens is 1. The highest BCUT2D eigenvalue weighted by Crippen LogP contribution is 2.30. The number of thiol groups is 1. The lowest BCUT2D eigenvalue weighted by Crippen LogP contribution is -2.16. The molecule has 0 fully saturated rings. The molecule has 0 spiro atoms. The van der Waals surface area contributed by atoms with Crippen LogP contribution >= 0.6 is 0 Å². The number of pyridine rings is 1. The summed E-state index contributed by atoms with van der Waals surface area (Å²) < 4.78 is 19.3. The minimum absolute atomic E-state index is 0.00839. The lowest BCUT2D eigenvalue weighted by Gasteiger charge is -2.11. The van der Waals surface area contributed by atoms with Crippen LogP contribution in [0, 0.1) is 13.8 Å². The van der Waals surface area contributed by atoms with E-state index in [1.165, 1.54) is 16.7 Å².